The predicted molar refractivity (Wildman–Crippen MR) is 122 cm³/mol. The molecule has 0 saturated heterocycles. The summed E-state index contributed by atoms with van der Waals surface area (Å²) in [4.78, 5) is 6.34. The van der Waals surface area contributed by atoms with Gasteiger partial charge in [-0.25, -0.2) is 4.98 Å². The maximum Gasteiger partial charge on any atom is 0.124 e. The minimum atomic E-state index is 0.729. The fourth-order valence-electron chi connectivity index (χ4n) is 3.70. The molecule has 0 radical (unpaired) electrons. The monoisotopic (exact) mass is 456 g/mol. The maximum absolute atomic E-state index is 6.00. The van der Waals surface area contributed by atoms with E-state index in [1.807, 2.05) is 11.3 Å². The third-order valence-corrected chi connectivity index (χ3v) is 6.97. The van der Waals surface area contributed by atoms with E-state index in [0.29, 0.717) is 0 Å². The van der Waals surface area contributed by atoms with Crippen LogP contribution in [-0.2, 0) is 13.0 Å². The Morgan fingerprint density at radius 1 is 1.07 bits per heavy atom. The minimum Gasteiger partial charge on any atom is -0.493 e. The number of fused-ring (bicyclic) bond motifs is 1. The lowest BCUT2D eigenvalue weighted by Gasteiger charge is -2.15. The van der Waals surface area contributed by atoms with Crippen molar-refractivity contribution >= 4 is 27.3 Å². The summed E-state index contributed by atoms with van der Waals surface area (Å²) in [5.41, 5.74) is 7.47. The van der Waals surface area contributed by atoms with Crippen molar-refractivity contribution in [2.75, 3.05) is 18.5 Å². The molecule has 0 amide bonds. The molecule has 1 aliphatic rings. The molecule has 0 bridgehead atoms. The van der Waals surface area contributed by atoms with Gasteiger partial charge in [0.25, 0.3) is 0 Å². The van der Waals surface area contributed by atoms with Gasteiger partial charge in [0.05, 0.1) is 12.3 Å². The number of halogens is 1. The molecule has 0 spiro atoms. The standard InChI is InChI=1S/C23H25BrN2OS/c1-15-17(18-7-4-9-21(16(18)2)27-13-5-11-24)6-3-8-19(15)23-26-20-10-12-25-14-22(20)28-23/h3-4,6-9,25H,5,10-14H2,1-2H3. The quantitative estimate of drug-likeness (QED) is 0.370. The lowest BCUT2D eigenvalue weighted by molar-refractivity contribution is 0.317. The molecule has 1 N–H and O–H groups in total. The van der Waals surface area contributed by atoms with E-state index in [-0.39, 0.29) is 0 Å². The second-order valence-corrected chi connectivity index (χ2v) is 8.99. The predicted octanol–water partition coefficient (Wildman–Crippen LogP) is 5.90. The third-order valence-electron chi connectivity index (χ3n) is 5.28. The first-order valence-electron chi connectivity index (χ1n) is 9.77. The molecule has 0 unspecified atom stereocenters. The van der Waals surface area contributed by atoms with Gasteiger partial charge in [0.15, 0.2) is 0 Å². The molecular weight excluding hydrogens is 432 g/mol. The number of alkyl halides is 1. The Labute approximate surface area is 179 Å². The summed E-state index contributed by atoms with van der Waals surface area (Å²) in [5, 5.41) is 5.54. The largest absolute Gasteiger partial charge is 0.493 e. The number of nitrogens with zero attached hydrogens (tertiary/aromatic N) is 1. The molecule has 3 aromatic rings. The first-order valence-corrected chi connectivity index (χ1v) is 11.7. The number of benzene rings is 2. The molecule has 3 nitrogen and oxygen atoms in total. The Balaban J connectivity index is 1.71. The molecule has 0 aliphatic carbocycles. The van der Waals surface area contributed by atoms with Crippen LogP contribution in [0.3, 0.4) is 0 Å². The second-order valence-electron chi connectivity index (χ2n) is 7.11. The average molecular weight is 457 g/mol. The highest BCUT2D eigenvalue weighted by molar-refractivity contribution is 9.09. The van der Waals surface area contributed by atoms with Crippen molar-refractivity contribution in [1.82, 2.24) is 10.3 Å². The van der Waals surface area contributed by atoms with E-state index in [2.05, 4.69) is 71.5 Å². The van der Waals surface area contributed by atoms with Gasteiger partial charge in [-0.3, -0.25) is 0 Å². The summed E-state index contributed by atoms with van der Waals surface area (Å²) in [6, 6.07) is 12.9. The highest BCUT2D eigenvalue weighted by Crippen LogP contribution is 2.38. The molecule has 0 fully saturated rings. The smallest absolute Gasteiger partial charge is 0.124 e. The van der Waals surface area contributed by atoms with Crippen LogP contribution in [0.4, 0.5) is 0 Å². The summed E-state index contributed by atoms with van der Waals surface area (Å²) < 4.78 is 6.00. The number of nitrogens with one attached hydrogen (secondary N) is 1. The van der Waals surface area contributed by atoms with Gasteiger partial charge in [-0.05, 0) is 48.6 Å². The number of ether oxygens (including phenoxy) is 1. The van der Waals surface area contributed by atoms with Crippen LogP contribution in [0.5, 0.6) is 5.75 Å². The van der Waals surface area contributed by atoms with E-state index < -0.39 is 0 Å². The minimum absolute atomic E-state index is 0.729. The van der Waals surface area contributed by atoms with Crippen LogP contribution in [-0.4, -0.2) is 23.5 Å². The Hall–Kier alpha value is -1.69. The molecule has 28 heavy (non-hydrogen) atoms. The highest BCUT2D eigenvalue weighted by atomic mass is 79.9. The zero-order chi connectivity index (χ0) is 19.5. The summed E-state index contributed by atoms with van der Waals surface area (Å²) in [5.74, 6) is 0.971. The van der Waals surface area contributed by atoms with Gasteiger partial charge in [0, 0.05) is 35.3 Å². The SMILES string of the molecule is Cc1c(OCCCBr)cccc1-c1cccc(-c2nc3c(s2)CNCC3)c1C. The highest BCUT2D eigenvalue weighted by Gasteiger charge is 2.18. The van der Waals surface area contributed by atoms with E-state index >= 15 is 0 Å². The van der Waals surface area contributed by atoms with Gasteiger partial charge in [0.2, 0.25) is 0 Å². The number of hydrogen-bond donors (Lipinski definition) is 1. The van der Waals surface area contributed by atoms with E-state index in [4.69, 9.17) is 9.72 Å². The molecular formula is C23H25BrN2OS. The third kappa shape index (κ3) is 3.88. The number of hydrogen-bond acceptors (Lipinski definition) is 4. The summed E-state index contributed by atoms with van der Waals surface area (Å²) in [6.45, 7) is 7.06. The lowest BCUT2D eigenvalue weighted by atomic mass is 9.93. The van der Waals surface area contributed by atoms with Gasteiger partial charge >= 0.3 is 0 Å². The van der Waals surface area contributed by atoms with Crippen molar-refractivity contribution in [3.8, 4) is 27.4 Å². The van der Waals surface area contributed by atoms with Crippen LogP contribution < -0.4 is 10.1 Å². The van der Waals surface area contributed by atoms with Crippen LogP contribution >= 0.6 is 27.3 Å². The molecule has 5 heteroatoms. The van der Waals surface area contributed by atoms with Crippen molar-refractivity contribution in [1.29, 1.82) is 0 Å². The van der Waals surface area contributed by atoms with Crippen LogP contribution in [0, 0.1) is 13.8 Å². The average Bonchev–Trinajstić information content (AvgIpc) is 3.14. The summed E-state index contributed by atoms with van der Waals surface area (Å²) >= 11 is 5.29. The Kier molecular flexibility index (Phi) is 6.14. The fraction of sp³-hybridized carbons (Fsp3) is 0.348. The molecule has 2 aromatic carbocycles. The van der Waals surface area contributed by atoms with Crippen LogP contribution in [0.15, 0.2) is 36.4 Å². The molecule has 1 aliphatic heterocycles. The fourth-order valence-corrected chi connectivity index (χ4v) is 5.09. The van der Waals surface area contributed by atoms with E-state index in [1.165, 1.54) is 38.4 Å². The Bertz CT molecular complexity index is 959. The molecule has 2 heterocycles. The number of aromatic nitrogens is 1. The van der Waals surface area contributed by atoms with Gasteiger partial charge in [0.1, 0.15) is 10.8 Å². The lowest BCUT2D eigenvalue weighted by Crippen LogP contribution is -2.22. The second kappa shape index (κ2) is 8.76. The van der Waals surface area contributed by atoms with Crippen LogP contribution in [0.2, 0.25) is 0 Å². The topological polar surface area (TPSA) is 34.1 Å². The van der Waals surface area contributed by atoms with Crippen molar-refractivity contribution in [2.45, 2.75) is 33.2 Å². The van der Waals surface area contributed by atoms with E-state index in [0.717, 1.165) is 48.6 Å². The van der Waals surface area contributed by atoms with E-state index in [9.17, 15) is 0 Å². The molecule has 1 aromatic heterocycles. The van der Waals surface area contributed by atoms with Crippen molar-refractivity contribution in [2.24, 2.45) is 0 Å². The summed E-state index contributed by atoms with van der Waals surface area (Å²) in [7, 11) is 0. The zero-order valence-corrected chi connectivity index (χ0v) is 18.8. The molecule has 146 valence electrons. The first-order chi connectivity index (χ1) is 13.7. The zero-order valence-electron chi connectivity index (χ0n) is 16.3. The first kappa shape index (κ1) is 19.6. The summed E-state index contributed by atoms with van der Waals surface area (Å²) in [6.07, 6.45) is 2.03. The van der Waals surface area contributed by atoms with Gasteiger partial charge in [-0.2, -0.15) is 0 Å². The van der Waals surface area contributed by atoms with Gasteiger partial charge < -0.3 is 10.1 Å². The van der Waals surface area contributed by atoms with Crippen molar-refractivity contribution in [3.05, 3.63) is 58.1 Å². The van der Waals surface area contributed by atoms with Crippen molar-refractivity contribution in [3.63, 3.8) is 0 Å². The Morgan fingerprint density at radius 2 is 1.82 bits per heavy atom. The van der Waals surface area contributed by atoms with E-state index in [1.54, 1.807) is 0 Å². The number of thiazole rings is 1. The van der Waals surface area contributed by atoms with Crippen LogP contribution in [0.25, 0.3) is 21.7 Å². The van der Waals surface area contributed by atoms with Gasteiger partial charge in [-0.15, -0.1) is 11.3 Å². The normalized spacial score (nSPS) is 13.4. The number of rotatable bonds is 6. The van der Waals surface area contributed by atoms with Crippen molar-refractivity contribution < 1.29 is 4.74 Å². The Morgan fingerprint density at radius 3 is 2.61 bits per heavy atom. The molecule has 0 saturated carbocycles. The maximum atomic E-state index is 6.00. The van der Waals surface area contributed by atoms with Gasteiger partial charge in [-0.1, -0.05) is 46.3 Å². The molecule has 0 atom stereocenters. The molecule has 4 rings (SSSR count). The van der Waals surface area contributed by atoms with Crippen LogP contribution in [0.1, 0.15) is 28.1 Å².